The number of rotatable bonds is 7. The van der Waals surface area contributed by atoms with Gasteiger partial charge >= 0.3 is 0 Å². The van der Waals surface area contributed by atoms with Crippen LogP contribution in [-0.2, 0) is 21.7 Å². The number of carbonyl (C=O) groups is 3. The molecule has 1 saturated heterocycles. The third kappa shape index (κ3) is 4.92. The maximum atomic E-state index is 13.8. The van der Waals surface area contributed by atoms with Crippen molar-refractivity contribution in [1.82, 2.24) is 14.7 Å². The number of benzene rings is 2. The maximum Gasteiger partial charge on any atom is 0.262 e. The summed E-state index contributed by atoms with van der Waals surface area (Å²) in [6.07, 6.45) is 1.40. The zero-order valence-corrected chi connectivity index (χ0v) is 20.6. The van der Waals surface area contributed by atoms with Gasteiger partial charge in [-0.25, -0.2) is 4.99 Å². The van der Waals surface area contributed by atoms with Crippen molar-refractivity contribution in [3.8, 4) is 0 Å². The number of piperazine rings is 1. The Balaban J connectivity index is 1.56. The van der Waals surface area contributed by atoms with Crippen LogP contribution in [-0.4, -0.2) is 65.1 Å². The molecule has 2 N–H and O–H groups in total. The van der Waals surface area contributed by atoms with Crippen molar-refractivity contribution < 1.29 is 14.4 Å². The number of nitrogens with two attached hydrogens (primary N) is 1. The van der Waals surface area contributed by atoms with Crippen LogP contribution in [0.25, 0.3) is 0 Å². The summed E-state index contributed by atoms with van der Waals surface area (Å²) in [7, 11) is 1.74. The average molecular weight is 476 g/mol. The molecule has 8 heteroatoms. The third-order valence-electron chi connectivity index (χ3n) is 6.77. The molecule has 2 aliphatic rings. The number of amides is 3. The summed E-state index contributed by atoms with van der Waals surface area (Å²) in [4.78, 5) is 48.3. The molecule has 2 aliphatic heterocycles. The molecule has 0 spiro atoms. The predicted molar refractivity (Wildman–Crippen MR) is 134 cm³/mol. The van der Waals surface area contributed by atoms with Gasteiger partial charge in [-0.15, -0.1) is 0 Å². The van der Waals surface area contributed by atoms with E-state index in [0.717, 1.165) is 17.5 Å². The zero-order chi connectivity index (χ0) is 25.2. The van der Waals surface area contributed by atoms with Gasteiger partial charge in [-0.2, -0.15) is 0 Å². The molecule has 2 aromatic rings. The summed E-state index contributed by atoms with van der Waals surface area (Å²) in [6, 6.07) is 16.7. The van der Waals surface area contributed by atoms with Gasteiger partial charge in [0.1, 0.15) is 6.54 Å². The minimum atomic E-state index is -1.04. The summed E-state index contributed by atoms with van der Waals surface area (Å²) >= 11 is 0. The van der Waals surface area contributed by atoms with Crippen molar-refractivity contribution in [2.75, 3.05) is 26.7 Å². The van der Waals surface area contributed by atoms with E-state index < -0.39 is 5.54 Å². The Morgan fingerprint density at radius 2 is 1.83 bits per heavy atom. The van der Waals surface area contributed by atoms with E-state index in [2.05, 4.69) is 13.8 Å². The largest absolute Gasteiger partial charge is 0.369 e. The van der Waals surface area contributed by atoms with Crippen molar-refractivity contribution in [2.45, 2.75) is 38.8 Å². The molecule has 0 aromatic heterocycles. The van der Waals surface area contributed by atoms with E-state index in [1.165, 1.54) is 4.90 Å². The number of carbonyl (C=O) groups excluding carboxylic acids is 3. The van der Waals surface area contributed by atoms with Gasteiger partial charge < -0.3 is 15.5 Å². The monoisotopic (exact) mass is 475 g/mol. The van der Waals surface area contributed by atoms with Crippen LogP contribution in [0.5, 0.6) is 0 Å². The van der Waals surface area contributed by atoms with Gasteiger partial charge in [0, 0.05) is 25.7 Å². The number of nitrogens with zero attached hydrogens (tertiary/aromatic N) is 4. The fraction of sp³-hybridized carbons (Fsp3) is 0.407. The second-order valence-corrected chi connectivity index (χ2v) is 9.76. The van der Waals surface area contributed by atoms with Crippen LogP contribution in [0.1, 0.15) is 48.2 Å². The van der Waals surface area contributed by atoms with Crippen molar-refractivity contribution in [2.24, 2.45) is 16.6 Å². The topological polar surface area (TPSA) is 99.3 Å². The highest BCUT2D eigenvalue weighted by Gasteiger charge is 2.48. The second kappa shape index (κ2) is 9.90. The summed E-state index contributed by atoms with van der Waals surface area (Å²) < 4.78 is 0. The highest BCUT2D eigenvalue weighted by molar-refractivity contribution is 6.07. The molecule has 2 heterocycles. The number of likely N-dealkylation sites (N-methyl/N-ethyl adjacent to an activating group) is 1. The van der Waals surface area contributed by atoms with E-state index in [-0.39, 0.29) is 36.8 Å². The molecule has 8 nitrogen and oxygen atoms in total. The second-order valence-electron chi connectivity index (χ2n) is 9.76. The molecule has 1 fully saturated rings. The molecular weight excluding hydrogens is 442 g/mol. The van der Waals surface area contributed by atoms with Crippen LogP contribution in [0.2, 0.25) is 0 Å². The molecule has 0 saturated carbocycles. The first-order valence-electron chi connectivity index (χ1n) is 12.1. The maximum absolute atomic E-state index is 13.8. The lowest BCUT2D eigenvalue weighted by Gasteiger charge is -2.32. The van der Waals surface area contributed by atoms with E-state index in [4.69, 9.17) is 10.7 Å². The summed E-state index contributed by atoms with van der Waals surface area (Å²) in [5.74, 6) is 0.176. The predicted octanol–water partition coefficient (Wildman–Crippen LogP) is 2.59. The summed E-state index contributed by atoms with van der Waals surface area (Å²) in [5.41, 5.74) is 7.37. The first-order valence-corrected chi connectivity index (χ1v) is 12.1. The average Bonchev–Trinajstić information content (AvgIpc) is 3.10. The molecule has 1 unspecified atom stereocenters. The Morgan fingerprint density at radius 3 is 2.51 bits per heavy atom. The number of hydrogen-bond acceptors (Lipinski definition) is 5. The van der Waals surface area contributed by atoms with E-state index in [1.54, 1.807) is 35.0 Å². The highest BCUT2D eigenvalue weighted by Crippen LogP contribution is 2.38. The van der Waals surface area contributed by atoms with Crippen LogP contribution < -0.4 is 5.73 Å². The Morgan fingerprint density at radius 1 is 1.09 bits per heavy atom. The lowest BCUT2D eigenvalue weighted by molar-refractivity contribution is -0.133. The fourth-order valence-electron chi connectivity index (χ4n) is 4.59. The minimum absolute atomic E-state index is 0.0687. The normalized spacial score (nSPS) is 20.6. The van der Waals surface area contributed by atoms with Gasteiger partial charge in [0.2, 0.25) is 5.91 Å². The first kappa shape index (κ1) is 24.4. The number of hydrogen-bond donors (Lipinski definition) is 1. The van der Waals surface area contributed by atoms with Crippen LogP contribution in [0.4, 0.5) is 0 Å². The molecule has 3 amide bonds. The highest BCUT2D eigenvalue weighted by atomic mass is 16.2. The fourth-order valence-corrected chi connectivity index (χ4v) is 4.59. The van der Waals surface area contributed by atoms with E-state index in [0.29, 0.717) is 31.0 Å². The lowest BCUT2D eigenvalue weighted by atomic mass is 9.83. The Hall–Kier alpha value is -3.68. The Bertz CT molecular complexity index is 1150. The SMILES string of the molecule is CC(C)CCC1(c2ccccc2)N=C(N)N(Cc2cccc(C(=O)N3CCN(C)C(=O)C3)c2)C1=O. The van der Waals surface area contributed by atoms with Gasteiger partial charge in [0.15, 0.2) is 11.5 Å². The molecule has 4 rings (SSSR count). The number of aliphatic imine (C=N–C) groups is 1. The smallest absolute Gasteiger partial charge is 0.262 e. The number of guanidine groups is 1. The Labute approximate surface area is 206 Å². The molecule has 1 atom stereocenters. The third-order valence-corrected chi connectivity index (χ3v) is 6.77. The summed E-state index contributed by atoms with van der Waals surface area (Å²) in [6.45, 7) is 5.54. The van der Waals surface area contributed by atoms with Gasteiger partial charge in [0.25, 0.3) is 11.8 Å². The Kier molecular flexibility index (Phi) is 6.91. The molecule has 2 aromatic carbocycles. The van der Waals surface area contributed by atoms with Gasteiger partial charge in [-0.05, 0) is 42.0 Å². The molecule has 0 radical (unpaired) electrons. The molecular formula is C27H33N5O3. The van der Waals surface area contributed by atoms with Crippen molar-refractivity contribution >= 4 is 23.7 Å². The van der Waals surface area contributed by atoms with Crippen LogP contribution >= 0.6 is 0 Å². The van der Waals surface area contributed by atoms with Gasteiger partial charge in [-0.3, -0.25) is 19.3 Å². The lowest BCUT2D eigenvalue weighted by Crippen LogP contribution is -2.50. The van der Waals surface area contributed by atoms with E-state index >= 15 is 0 Å². The van der Waals surface area contributed by atoms with Crippen molar-refractivity contribution in [3.63, 3.8) is 0 Å². The van der Waals surface area contributed by atoms with E-state index in [9.17, 15) is 14.4 Å². The van der Waals surface area contributed by atoms with Crippen LogP contribution in [0.15, 0.2) is 59.6 Å². The summed E-state index contributed by atoms with van der Waals surface area (Å²) in [5, 5.41) is 0. The van der Waals surface area contributed by atoms with Crippen molar-refractivity contribution in [3.05, 3.63) is 71.3 Å². The molecule has 0 aliphatic carbocycles. The van der Waals surface area contributed by atoms with Crippen molar-refractivity contribution in [1.29, 1.82) is 0 Å². The quantitative estimate of drug-likeness (QED) is 0.665. The van der Waals surface area contributed by atoms with Gasteiger partial charge in [-0.1, -0.05) is 56.3 Å². The minimum Gasteiger partial charge on any atom is -0.369 e. The first-order chi connectivity index (χ1) is 16.7. The van der Waals surface area contributed by atoms with Gasteiger partial charge in [0.05, 0.1) is 6.54 Å². The van der Waals surface area contributed by atoms with Crippen LogP contribution in [0, 0.1) is 5.92 Å². The van der Waals surface area contributed by atoms with Crippen LogP contribution in [0.3, 0.4) is 0 Å². The molecule has 0 bridgehead atoms. The molecule has 184 valence electrons. The standard InChI is InChI=1S/C27H33N5O3/c1-19(2)12-13-27(22-10-5-4-6-11-22)25(35)32(26(28)29-27)17-20-8-7-9-21(16-20)24(34)31-15-14-30(3)23(33)18-31/h4-11,16,19H,12-15,17-18H2,1-3H3,(H2,28,29). The molecule has 35 heavy (non-hydrogen) atoms. The zero-order valence-electron chi connectivity index (χ0n) is 20.6. The van der Waals surface area contributed by atoms with E-state index in [1.807, 2.05) is 36.4 Å².